The van der Waals surface area contributed by atoms with E-state index in [-0.39, 0.29) is 19.1 Å². The molecule has 1 N–H and O–H groups in total. The molecule has 1 aliphatic heterocycles. The van der Waals surface area contributed by atoms with Crippen LogP contribution in [0, 0.1) is 9.49 Å². The average Bonchev–Trinajstić information content (AvgIpc) is 2.91. The Kier molecular flexibility index (Phi) is 5.61. The number of halogens is 2. The standard InChI is InChI=1S/C14H15BrINO4/c1-2-17(12-7-21-6-10(12)14(19)20)13(18)9-5-8(16)3-4-11(9)15/h3-5,10,12H,2,6-7H2,1H3,(H,19,20). The van der Waals surface area contributed by atoms with Crippen LogP contribution in [0.15, 0.2) is 22.7 Å². The zero-order chi connectivity index (χ0) is 15.6. The number of amides is 1. The second kappa shape index (κ2) is 7.06. The molecule has 0 aromatic heterocycles. The number of hydrogen-bond donors (Lipinski definition) is 1. The molecule has 5 nitrogen and oxygen atoms in total. The Morgan fingerprint density at radius 2 is 2.19 bits per heavy atom. The first-order valence-corrected chi connectivity index (χ1v) is 8.39. The molecule has 0 saturated carbocycles. The summed E-state index contributed by atoms with van der Waals surface area (Å²) in [6.07, 6.45) is 0. The summed E-state index contributed by atoms with van der Waals surface area (Å²) in [4.78, 5) is 25.6. The number of aliphatic carboxylic acids is 1. The summed E-state index contributed by atoms with van der Waals surface area (Å²) in [6, 6.07) is 5.09. The van der Waals surface area contributed by atoms with Crippen molar-refractivity contribution < 1.29 is 19.4 Å². The molecule has 2 atom stereocenters. The molecule has 0 spiro atoms. The predicted molar refractivity (Wildman–Crippen MR) is 89.3 cm³/mol. The molecule has 0 radical (unpaired) electrons. The molecule has 1 amide bonds. The van der Waals surface area contributed by atoms with Crippen molar-refractivity contribution in [3.05, 3.63) is 31.8 Å². The van der Waals surface area contributed by atoms with E-state index in [1.165, 1.54) is 0 Å². The fraction of sp³-hybridized carbons (Fsp3) is 0.429. The molecule has 1 aromatic carbocycles. The monoisotopic (exact) mass is 467 g/mol. The minimum absolute atomic E-state index is 0.150. The van der Waals surface area contributed by atoms with E-state index in [9.17, 15) is 14.7 Å². The van der Waals surface area contributed by atoms with Gasteiger partial charge in [0, 0.05) is 14.6 Å². The van der Waals surface area contributed by atoms with E-state index in [0.717, 1.165) is 3.57 Å². The third kappa shape index (κ3) is 3.57. The van der Waals surface area contributed by atoms with Gasteiger partial charge in [-0.2, -0.15) is 0 Å². The van der Waals surface area contributed by atoms with E-state index in [0.29, 0.717) is 16.6 Å². The summed E-state index contributed by atoms with van der Waals surface area (Å²) in [5, 5.41) is 9.25. The first kappa shape index (κ1) is 16.7. The van der Waals surface area contributed by atoms with Gasteiger partial charge in [0.25, 0.3) is 5.91 Å². The molecule has 21 heavy (non-hydrogen) atoms. The van der Waals surface area contributed by atoms with E-state index in [2.05, 4.69) is 38.5 Å². The van der Waals surface area contributed by atoms with E-state index >= 15 is 0 Å². The van der Waals surface area contributed by atoms with Crippen LogP contribution in [0.5, 0.6) is 0 Å². The van der Waals surface area contributed by atoms with Crippen LogP contribution in [0.2, 0.25) is 0 Å². The first-order chi connectivity index (χ1) is 9.95. The van der Waals surface area contributed by atoms with Crippen molar-refractivity contribution in [1.82, 2.24) is 4.90 Å². The fourth-order valence-corrected chi connectivity index (χ4v) is 3.34. The van der Waals surface area contributed by atoms with Gasteiger partial charge in [-0.15, -0.1) is 0 Å². The van der Waals surface area contributed by atoms with Crippen LogP contribution in [0.1, 0.15) is 17.3 Å². The number of carboxylic acid groups (broad SMARTS) is 1. The number of carbonyl (C=O) groups is 2. The van der Waals surface area contributed by atoms with Gasteiger partial charge < -0.3 is 14.7 Å². The van der Waals surface area contributed by atoms with Gasteiger partial charge in [-0.3, -0.25) is 9.59 Å². The summed E-state index contributed by atoms with van der Waals surface area (Å²) in [7, 11) is 0. The molecule has 1 heterocycles. The van der Waals surface area contributed by atoms with Crippen molar-refractivity contribution in [2.45, 2.75) is 13.0 Å². The van der Waals surface area contributed by atoms with Crippen LogP contribution < -0.4 is 0 Å². The quantitative estimate of drug-likeness (QED) is 0.691. The van der Waals surface area contributed by atoms with Gasteiger partial charge in [0.1, 0.15) is 5.92 Å². The van der Waals surface area contributed by atoms with Crippen LogP contribution in [-0.4, -0.2) is 47.7 Å². The normalized spacial score (nSPS) is 21.3. The van der Waals surface area contributed by atoms with Crippen molar-refractivity contribution in [3.63, 3.8) is 0 Å². The minimum atomic E-state index is -0.926. The summed E-state index contributed by atoms with van der Waals surface area (Å²) in [6.45, 7) is 2.70. The van der Waals surface area contributed by atoms with Gasteiger partial charge in [-0.1, -0.05) is 0 Å². The number of hydrogen-bond acceptors (Lipinski definition) is 3. The molecule has 1 saturated heterocycles. The van der Waals surface area contributed by atoms with Crippen LogP contribution in [-0.2, 0) is 9.53 Å². The Morgan fingerprint density at radius 1 is 1.48 bits per heavy atom. The van der Waals surface area contributed by atoms with E-state index in [4.69, 9.17) is 4.74 Å². The summed E-state index contributed by atoms with van der Waals surface area (Å²) in [5.74, 6) is -1.77. The molecule has 1 aromatic rings. The topological polar surface area (TPSA) is 66.8 Å². The van der Waals surface area contributed by atoms with Crippen molar-refractivity contribution in [3.8, 4) is 0 Å². The molecule has 1 fully saturated rings. The smallest absolute Gasteiger partial charge is 0.311 e. The number of rotatable bonds is 4. The number of carbonyl (C=O) groups excluding carboxylic acids is 1. The highest BCUT2D eigenvalue weighted by Crippen LogP contribution is 2.26. The van der Waals surface area contributed by atoms with Crippen LogP contribution in [0.25, 0.3) is 0 Å². The van der Waals surface area contributed by atoms with Crippen molar-refractivity contribution >= 4 is 50.4 Å². The Balaban J connectivity index is 2.30. The van der Waals surface area contributed by atoms with Gasteiger partial charge in [-0.05, 0) is 63.6 Å². The minimum Gasteiger partial charge on any atom is -0.481 e. The largest absolute Gasteiger partial charge is 0.481 e. The Bertz CT molecular complexity index is 566. The summed E-state index contributed by atoms with van der Waals surface area (Å²) in [5.41, 5.74) is 0.541. The SMILES string of the molecule is CCN(C(=O)c1cc(I)ccc1Br)C1COCC1C(=O)O. The third-order valence-electron chi connectivity index (χ3n) is 3.53. The number of carboxylic acids is 1. The number of nitrogens with zero attached hydrogens (tertiary/aromatic N) is 1. The number of benzene rings is 1. The van der Waals surface area contributed by atoms with Crippen molar-refractivity contribution in [2.24, 2.45) is 5.92 Å². The van der Waals surface area contributed by atoms with E-state index in [1.54, 1.807) is 11.0 Å². The second-order valence-corrected chi connectivity index (χ2v) is 6.86. The highest BCUT2D eigenvalue weighted by Gasteiger charge is 2.39. The molecule has 1 aliphatic rings. The number of likely N-dealkylation sites (N-methyl/N-ethyl adjacent to an activating group) is 1. The average molecular weight is 468 g/mol. The van der Waals surface area contributed by atoms with Gasteiger partial charge in [0.15, 0.2) is 0 Å². The lowest BCUT2D eigenvalue weighted by Crippen LogP contribution is -2.46. The van der Waals surface area contributed by atoms with Crippen LogP contribution in [0.4, 0.5) is 0 Å². The summed E-state index contributed by atoms with van der Waals surface area (Å²) >= 11 is 5.53. The lowest BCUT2D eigenvalue weighted by Gasteiger charge is -2.29. The Labute approximate surface area is 144 Å². The molecular weight excluding hydrogens is 453 g/mol. The molecule has 2 rings (SSSR count). The van der Waals surface area contributed by atoms with Gasteiger partial charge in [0.05, 0.1) is 24.8 Å². The van der Waals surface area contributed by atoms with Gasteiger partial charge in [-0.25, -0.2) is 0 Å². The maximum Gasteiger partial charge on any atom is 0.311 e. The van der Waals surface area contributed by atoms with Crippen LogP contribution in [0.3, 0.4) is 0 Å². The molecule has 114 valence electrons. The Hall–Kier alpha value is -0.670. The van der Waals surface area contributed by atoms with Gasteiger partial charge in [0.2, 0.25) is 0 Å². The Morgan fingerprint density at radius 3 is 2.81 bits per heavy atom. The predicted octanol–water partition coefficient (Wildman–Crippen LogP) is 2.62. The zero-order valence-electron chi connectivity index (χ0n) is 11.4. The molecule has 7 heteroatoms. The molecular formula is C14H15BrINO4. The lowest BCUT2D eigenvalue weighted by atomic mass is 10.0. The first-order valence-electron chi connectivity index (χ1n) is 6.52. The molecule has 0 aliphatic carbocycles. The highest BCUT2D eigenvalue weighted by molar-refractivity contribution is 14.1. The maximum absolute atomic E-state index is 12.7. The summed E-state index contributed by atoms with van der Waals surface area (Å²) < 4.78 is 6.92. The highest BCUT2D eigenvalue weighted by atomic mass is 127. The van der Waals surface area contributed by atoms with Crippen molar-refractivity contribution in [2.75, 3.05) is 19.8 Å². The van der Waals surface area contributed by atoms with Crippen molar-refractivity contribution in [1.29, 1.82) is 0 Å². The number of ether oxygens (including phenoxy) is 1. The van der Waals surface area contributed by atoms with Gasteiger partial charge >= 0.3 is 5.97 Å². The fourth-order valence-electron chi connectivity index (χ4n) is 2.43. The zero-order valence-corrected chi connectivity index (χ0v) is 15.1. The second-order valence-electron chi connectivity index (χ2n) is 4.76. The van der Waals surface area contributed by atoms with Crippen LogP contribution >= 0.6 is 38.5 Å². The third-order valence-corrected chi connectivity index (χ3v) is 4.89. The lowest BCUT2D eigenvalue weighted by molar-refractivity contribution is -0.142. The molecule has 0 bridgehead atoms. The maximum atomic E-state index is 12.7. The van der Waals surface area contributed by atoms with E-state index < -0.39 is 17.9 Å². The van der Waals surface area contributed by atoms with E-state index in [1.807, 2.05) is 19.1 Å². The molecule has 2 unspecified atom stereocenters.